The highest BCUT2D eigenvalue weighted by Crippen LogP contribution is 2.16. The third-order valence-electron chi connectivity index (χ3n) is 3.89. The van der Waals surface area contributed by atoms with Crippen molar-refractivity contribution in [2.24, 2.45) is 5.92 Å². The first-order valence-electron chi connectivity index (χ1n) is 9.58. The van der Waals surface area contributed by atoms with E-state index in [9.17, 15) is 9.59 Å². The second-order valence-electron chi connectivity index (χ2n) is 8.30. The second kappa shape index (κ2) is 9.40. The van der Waals surface area contributed by atoms with Gasteiger partial charge in [0.25, 0.3) is 5.91 Å². The van der Waals surface area contributed by atoms with E-state index in [0.29, 0.717) is 23.7 Å². The Morgan fingerprint density at radius 1 is 0.929 bits per heavy atom. The number of amides is 2. The van der Waals surface area contributed by atoms with Gasteiger partial charge in [-0.05, 0) is 68.5 Å². The predicted molar refractivity (Wildman–Crippen MR) is 113 cm³/mol. The van der Waals surface area contributed by atoms with Crippen LogP contribution < -0.4 is 10.6 Å². The zero-order valence-electron chi connectivity index (χ0n) is 17.3. The fourth-order valence-electron chi connectivity index (χ4n) is 2.54. The zero-order chi connectivity index (χ0) is 20.7. The number of benzene rings is 2. The Hall–Kier alpha value is -2.82. The summed E-state index contributed by atoms with van der Waals surface area (Å²) in [6.07, 6.45) is 0.284. The topological polar surface area (TPSA) is 67.4 Å². The van der Waals surface area contributed by atoms with Gasteiger partial charge >= 0.3 is 6.09 Å². The van der Waals surface area contributed by atoms with Gasteiger partial charge < -0.3 is 10.1 Å². The van der Waals surface area contributed by atoms with Crippen molar-refractivity contribution in [2.45, 2.75) is 46.6 Å². The minimum absolute atomic E-state index is 0.0437. The molecule has 0 aliphatic rings. The van der Waals surface area contributed by atoms with E-state index in [4.69, 9.17) is 4.74 Å². The molecule has 2 aromatic carbocycles. The summed E-state index contributed by atoms with van der Waals surface area (Å²) in [7, 11) is 0. The highest BCUT2D eigenvalue weighted by molar-refractivity contribution is 5.94. The minimum atomic E-state index is -0.526. The largest absolute Gasteiger partial charge is 0.444 e. The lowest BCUT2D eigenvalue weighted by Gasteiger charge is -2.19. The van der Waals surface area contributed by atoms with Crippen LogP contribution in [-0.2, 0) is 11.2 Å². The van der Waals surface area contributed by atoms with Gasteiger partial charge in [0.15, 0.2) is 0 Å². The lowest BCUT2D eigenvalue weighted by atomic mass is 10.0. The monoisotopic (exact) mass is 382 g/mol. The maximum absolute atomic E-state index is 12.1. The molecular weight excluding hydrogens is 352 g/mol. The molecule has 2 aromatic rings. The van der Waals surface area contributed by atoms with Crippen molar-refractivity contribution >= 4 is 17.7 Å². The summed E-state index contributed by atoms with van der Waals surface area (Å²) in [4.78, 5) is 23.9. The van der Waals surface area contributed by atoms with E-state index in [1.54, 1.807) is 0 Å². The summed E-state index contributed by atoms with van der Waals surface area (Å²) in [6.45, 7) is 10.3. The molecule has 2 N–H and O–H groups in total. The normalized spacial score (nSPS) is 11.2. The second-order valence-corrected chi connectivity index (χ2v) is 8.30. The molecule has 0 atom stereocenters. The number of ether oxygens (including phenoxy) is 1. The van der Waals surface area contributed by atoms with Crippen molar-refractivity contribution in [1.82, 2.24) is 5.32 Å². The molecule has 0 bridgehead atoms. The van der Waals surface area contributed by atoms with E-state index < -0.39 is 11.7 Å². The summed E-state index contributed by atoms with van der Waals surface area (Å²) in [5.41, 5.74) is 3.07. The quantitative estimate of drug-likeness (QED) is 0.738. The molecule has 0 spiro atoms. The van der Waals surface area contributed by atoms with E-state index >= 15 is 0 Å². The molecule has 0 saturated carbocycles. The zero-order valence-corrected chi connectivity index (χ0v) is 17.3. The number of anilines is 1. The molecule has 0 aromatic heterocycles. The van der Waals surface area contributed by atoms with E-state index in [1.807, 2.05) is 69.3 Å². The standard InChI is InChI=1S/C23H30N2O3/c1-16(2)15-24-21(26)19-10-6-17(7-11-19)14-18-8-12-20(13-9-18)25-22(27)28-23(3,4)5/h6-13,16H,14-15H2,1-5H3,(H,24,26)(H,25,27). The molecule has 0 radical (unpaired) electrons. The highest BCUT2D eigenvalue weighted by Gasteiger charge is 2.16. The Kier molecular flexibility index (Phi) is 7.21. The molecule has 28 heavy (non-hydrogen) atoms. The Balaban J connectivity index is 1.91. The average molecular weight is 383 g/mol. The molecule has 2 amide bonds. The van der Waals surface area contributed by atoms with Crippen LogP contribution in [0.3, 0.4) is 0 Å². The van der Waals surface area contributed by atoms with Gasteiger partial charge in [0, 0.05) is 17.8 Å². The first kappa shape index (κ1) is 21.5. The van der Waals surface area contributed by atoms with E-state index in [-0.39, 0.29) is 5.91 Å². The van der Waals surface area contributed by atoms with Crippen molar-refractivity contribution in [3.05, 3.63) is 65.2 Å². The van der Waals surface area contributed by atoms with Crippen LogP contribution in [0.2, 0.25) is 0 Å². The summed E-state index contributed by atoms with van der Waals surface area (Å²) < 4.78 is 5.25. The molecule has 2 rings (SSSR count). The van der Waals surface area contributed by atoms with Gasteiger partial charge in [-0.15, -0.1) is 0 Å². The maximum atomic E-state index is 12.1. The van der Waals surface area contributed by atoms with E-state index in [0.717, 1.165) is 17.5 Å². The molecule has 0 saturated heterocycles. The lowest BCUT2D eigenvalue weighted by molar-refractivity contribution is 0.0635. The van der Waals surface area contributed by atoms with Crippen LogP contribution in [0.1, 0.15) is 56.1 Å². The molecule has 5 heteroatoms. The lowest BCUT2D eigenvalue weighted by Crippen LogP contribution is -2.27. The van der Waals surface area contributed by atoms with Crippen LogP contribution in [0.15, 0.2) is 48.5 Å². The van der Waals surface area contributed by atoms with Gasteiger partial charge in [-0.25, -0.2) is 4.79 Å². The number of carbonyl (C=O) groups excluding carboxylic acids is 2. The van der Waals surface area contributed by atoms with Gasteiger partial charge in [-0.3, -0.25) is 10.1 Å². The van der Waals surface area contributed by atoms with Crippen molar-refractivity contribution < 1.29 is 14.3 Å². The number of hydrogen-bond acceptors (Lipinski definition) is 3. The van der Waals surface area contributed by atoms with Gasteiger partial charge in [-0.1, -0.05) is 38.1 Å². The molecule has 0 heterocycles. The van der Waals surface area contributed by atoms with Crippen LogP contribution in [0.5, 0.6) is 0 Å². The molecule has 150 valence electrons. The number of carbonyl (C=O) groups is 2. The van der Waals surface area contributed by atoms with Crippen LogP contribution in [0, 0.1) is 5.92 Å². The number of nitrogens with one attached hydrogen (secondary N) is 2. The van der Waals surface area contributed by atoms with Crippen molar-refractivity contribution in [3.63, 3.8) is 0 Å². The fraction of sp³-hybridized carbons (Fsp3) is 0.391. The molecule has 0 unspecified atom stereocenters. The molecule has 0 aliphatic heterocycles. The molecule has 0 aliphatic carbocycles. The van der Waals surface area contributed by atoms with Crippen molar-refractivity contribution in [3.8, 4) is 0 Å². The molecule has 5 nitrogen and oxygen atoms in total. The first-order valence-corrected chi connectivity index (χ1v) is 9.58. The van der Waals surface area contributed by atoms with Crippen LogP contribution in [0.25, 0.3) is 0 Å². The third-order valence-corrected chi connectivity index (χ3v) is 3.89. The molecule has 0 fully saturated rings. The number of hydrogen-bond donors (Lipinski definition) is 2. The molecular formula is C23H30N2O3. The SMILES string of the molecule is CC(C)CNC(=O)c1ccc(Cc2ccc(NC(=O)OC(C)(C)C)cc2)cc1. The maximum Gasteiger partial charge on any atom is 0.412 e. The Bertz CT molecular complexity index is 788. The minimum Gasteiger partial charge on any atom is -0.444 e. The summed E-state index contributed by atoms with van der Waals surface area (Å²) in [6, 6.07) is 15.3. The van der Waals surface area contributed by atoms with Crippen molar-refractivity contribution in [2.75, 3.05) is 11.9 Å². The third kappa shape index (κ3) is 7.43. The number of rotatable bonds is 6. The highest BCUT2D eigenvalue weighted by atomic mass is 16.6. The van der Waals surface area contributed by atoms with Gasteiger partial charge in [0.05, 0.1) is 0 Å². The van der Waals surface area contributed by atoms with E-state index in [1.165, 1.54) is 0 Å². The smallest absolute Gasteiger partial charge is 0.412 e. The average Bonchev–Trinajstić information content (AvgIpc) is 2.60. The van der Waals surface area contributed by atoms with Crippen molar-refractivity contribution in [1.29, 1.82) is 0 Å². The first-order chi connectivity index (χ1) is 13.1. The summed E-state index contributed by atoms with van der Waals surface area (Å²) in [5.74, 6) is 0.383. The summed E-state index contributed by atoms with van der Waals surface area (Å²) in [5, 5.41) is 5.64. The Labute approximate surface area is 167 Å². The Morgan fingerprint density at radius 2 is 1.46 bits per heavy atom. The van der Waals surface area contributed by atoms with Crippen LogP contribution in [0.4, 0.5) is 10.5 Å². The van der Waals surface area contributed by atoms with Gasteiger partial charge in [0.1, 0.15) is 5.60 Å². The van der Waals surface area contributed by atoms with Gasteiger partial charge in [0.2, 0.25) is 0 Å². The summed E-state index contributed by atoms with van der Waals surface area (Å²) >= 11 is 0. The fourth-order valence-corrected chi connectivity index (χ4v) is 2.54. The van der Waals surface area contributed by atoms with Crippen LogP contribution >= 0.6 is 0 Å². The predicted octanol–water partition coefficient (Wildman–Crippen LogP) is 5.01. The van der Waals surface area contributed by atoms with E-state index in [2.05, 4.69) is 24.5 Å². The van der Waals surface area contributed by atoms with Gasteiger partial charge in [-0.2, -0.15) is 0 Å². The van der Waals surface area contributed by atoms with Crippen LogP contribution in [-0.4, -0.2) is 24.1 Å². The Morgan fingerprint density at radius 3 is 1.96 bits per heavy atom.